The third-order valence-electron chi connectivity index (χ3n) is 3.76. The van der Waals surface area contributed by atoms with Crippen LogP contribution in [0.4, 0.5) is 5.69 Å². The Bertz CT molecular complexity index is 477. The molecule has 1 atom stereocenters. The number of rotatable bonds is 4. The van der Waals surface area contributed by atoms with E-state index in [9.17, 15) is 0 Å². The van der Waals surface area contributed by atoms with Crippen LogP contribution in [0.25, 0.3) is 0 Å². The Morgan fingerprint density at radius 2 is 2.00 bits per heavy atom. The van der Waals surface area contributed by atoms with Gasteiger partial charge in [-0.05, 0) is 51.2 Å². The van der Waals surface area contributed by atoms with Gasteiger partial charge in [-0.25, -0.2) is 4.98 Å². The molecule has 1 saturated heterocycles. The maximum atomic E-state index is 7.91. The zero-order chi connectivity index (χ0) is 15.2. The van der Waals surface area contributed by atoms with Crippen molar-refractivity contribution in [3.63, 3.8) is 0 Å². The van der Waals surface area contributed by atoms with Gasteiger partial charge in [0.1, 0.15) is 11.9 Å². The number of anilines is 1. The fourth-order valence-corrected chi connectivity index (χ4v) is 2.51. The second kappa shape index (κ2) is 7.55. The number of aromatic nitrogens is 1. The average molecular weight is 289 g/mol. The first kappa shape index (κ1) is 16.0. The minimum atomic E-state index is 0.0698. The molecule has 116 valence electrons. The van der Waals surface area contributed by atoms with Gasteiger partial charge in [-0.3, -0.25) is 0 Å². The number of pyridine rings is 1. The van der Waals surface area contributed by atoms with Crippen molar-refractivity contribution in [1.82, 2.24) is 4.98 Å². The number of hydrogen-bond donors (Lipinski definition) is 2. The van der Waals surface area contributed by atoms with E-state index in [0.29, 0.717) is 11.6 Å². The van der Waals surface area contributed by atoms with Gasteiger partial charge in [0, 0.05) is 18.2 Å². The van der Waals surface area contributed by atoms with E-state index in [0.717, 1.165) is 36.5 Å². The third kappa shape index (κ3) is 4.27. The van der Waals surface area contributed by atoms with Crippen LogP contribution >= 0.6 is 0 Å². The molecule has 2 fully saturated rings. The summed E-state index contributed by atoms with van der Waals surface area (Å²) in [4.78, 5) is 4.66. The van der Waals surface area contributed by atoms with Crippen molar-refractivity contribution in [1.29, 1.82) is 5.41 Å². The van der Waals surface area contributed by atoms with Gasteiger partial charge in [0.15, 0.2) is 0 Å². The van der Waals surface area contributed by atoms with Crippen molar-refractivity contribution in [2.45, 2.75) is 65.0 Å². The minimum Gasteiger partial charge on any atom is -0.359 e. The second-order valence-electron chi connectivity index (χ2n) is 5.53. The molecule has 1 aromatic rings. The van der Waals surface area contributed by atoms with Crippen molar-refractivity contribution in [2.75, 3.05) is 11.9 Å². The molecule has 1 aliphatic carbocycles. The van der Waals surface area contributed by atoms with E-state index in [2.05, 4.69) is 22.4 Å². The van der Waals surface area contributed by atoms with Gasteiger partial charge in [0.25, 0.3) is 0 Å². The summed E-state index contributed by atoms with van der Waals surface area (Å²) in [5, 5.41) is 11.3. The summed E-state index contributed by atoms with van der Waals surface area (Å²) in [6, 6.07) is 4.15. The first-order valence-electron chi connectivity index (χ1n) is 8.18. The van der Waals surface area contributed by atoms with Crippen LogP contribution in [-0.2, 0) is 4.74 Å². The molecular formula is C17H27N3O. The molecule has 1 aliphatic heterocycles. The highest BCUT2D eigenvalue weighted by Gasteiger charge is 2.26. The summed E-state index contributed by atoms with van der Waals surface area (Å²) >= 11 is 0. The number of nitrogens with one attached hydrogen (secondary N) is 2. The van der Waals surface area contributed by atoms with Gasteiger partial charge in [-0.1, -0.05) is 13.8 Å². The molecule has 0 amide bonds. The summed E-state index contributed by atoms with van der Waals surface area (Å²) < 4.78 is 5.70. The van der Waals surface area contributed by atoms with Gasteiger partial charge >= 0.3 is 0 Å². The Morgan fingerprint density at radius 1 is 1.24 bits per heavy atom. The highest BCUT2D eigenvalue weighted by molar-refractivity contribution is 5.99. The normalized spacial score (nSPS) is 21.2. The molecule has 2 aliphatic rings. The molecule has 1 saturated carbocycles. The SMILES string of the molecule is CC.CC(=N)c1nc(C2CC2)ccc1NC1CCCCO1. The zero-order valence-electron chi connectivity index (χ0n) is 13.4. The largest absolute Gasteiger partial charge is 0.359 e. The molecule has 4 nitrogen and oxygen atoms in total. The van der Waals surface area contributed by atoms with Crippen LogP contribution in [0.5, 0.6) is 0 Å². The minimum absolute atomic E-state index is 0.0698. The average Bonchev–Trinajstić information content (AvgIpc) is 3.35. The number of ether oxygens (including phenoxy) is 1. The van der Waals surface area contributed by atoms with E-state index >= 15 is 0 Å². The Hall–Kier alpha value is -1.42. The number of nitrogens with zero attached hydrogens (tertiary/aromatic N) is 1. The van der Waals surface area contributed by atoms with E-state index in [4.69, 9.17) is 10.1 Å². The van der Waals surface area contributed by atoms with Crippen LogP contribution in [0.3, 0.4) is 0 Å². The lowest BCUT2D eigenvalue weighted by Crippen LogP contribution is -2.28. The first-order valence-corrected chi connectivity index (χ1v) is 8.18. The molecule has 2 N–H and O–H groups in total. The first-order chi connectivity index (χ1) is 10.2. The molecule has 0 spiro atoms. The summed E-state index contributed by atoms with van der Waals surface area (Å²) in [7, 11) is 0. The highest BCUT2D eigenvalue weighted by Crippen LogP contribution is 2.39. The Balaban J connectivity index is 0.000000774. The summed E-state index contributed by atoms with van der Waals surface area (Å²) in [5.74, 6) is 0.623. The topological polar surface area (TPSA) is 58.0 Å². The molecule has 0 aromatic carbocycles. The van der Waals surface area contributed by atoms with Gasteiger partial charge in [-0.15, -0.1) is 0 Å². The maximum Gasteiger partial charge on any atom is 0.127 e. The Morgan fingerprint density at radius 3 is 2.57 bits per heavy atom. The van der Waals surface area contributed by atoms with Crippen LogP contribution < -0.4 is 5.32 Å². The predicted molar refractivity (Wildman–Crippen MR) is 87.3 cm³/mol. The van der Waals surface area contributed by atoms with E-state index in [1.807, 2.05) is 13.8 Å². The van der Waals surface area contributed by atoms with Crippen LogP contribution in [0.15, 0.2) is 12.1 Å². The summed E-state index contributed by atoms with van der Waals surface area (Å²) in [6.07, 6.45) is 5.92. The Labute approximate surface area is 127 Å². The van der Waals surface area contributed by atoms with E-state index < -0.39 is 0 Å². The molecule has 0 radical (unpaired) electrons. The lowest BCUT2D eigenvalue weighted by atomic mass is 10.1. The molecule has 2 heterocycles. The monoisotopic (exact) mass is 289 g/mol. The van der Waals surface area contributed by atoms with E-state index in [1.165, 1.54) is 19.3 Å². The van der Waals surface area contributed by atoms with Crippen molar-refractivity contribution in [3.05, 3.63) is 23.5 Å². The molecule has 1 aromatic heterocycles. The lowest BCUT2D eigenvalue weighted by Gasteiger charge is -2.25. The van der Waals surface area contributed by atoms with Crippen molar-refractivity contribution < 1.29 is 4.74 Å². The van der Waals surface area contributed by atoms with Crippen molar-refractivity contribution >= 4 is 11.4 Å². The number of hydrogen-bond acceptors (Lipinski definition) is 4. The maximum absolute atomic E-state index is 7.91. The van der Waals surface area contributed by atoms with Crippen LogP contribution in [0.2, 0.25) is 0 Å². The van der Waals surface area contributed by atoms with Crippen LogP contribution in [0.1, 0.15) is 70.2 Å². The van der Waals surface area contributed by atoms with Gasteiger partial charge < -0.3 is 15.5 Å². The summed E-state index contributed by atoms with van der Waals surface area (Å²) in [6.45, 7) is 6.62. The smallest absolute Gasteiger partial charge is 0.127 e. The van der Waals surface area contributed by atoms with Gasteiger partial charge in [-0.2, -0.15) is 0 Å². The molecule has 21 heavy (non-hydrogen) atoms. The molecule has 3 rings (SSSR count). The molecule has 4 heteroatoms. The Kier molecular flexibility index (Phi) is 5.74. The predicted octanol–water partition coefficient (Wildman–Crippen LogP) is 4.31. The fourth-order valence-electron chi connectivity index (χ4n) is 2.51. The van der Waals surface area contributed by atoms with Crippen molar-refractivity contribution in [2.24, 2.45) is 0 Å². The third-order valence-corrected chi connectivity index (χ3v) is 3.76. The van der Waals surface area contributed by atoms with E-state index in [1.54, 1.807) is 6.92 Å². The quantitative estimate of drug-likeness (QED) is 0.812. The molecule has 0 bridgehead atoms. The van der Waals surface area contributed by atoms with Crippen LogP contribution in [-0.4, -0.2) is 23.5 Å². The fraction of sp³-hybridized carbons (Fsp3) is 0.647. The second-order valence-corrected chi connectivity index (χ2v) is 5.53. The van der Waals surface area contributed by atoms with Gasteiger partial charge in [0.2, 0.25) is 0 Å². The zero-order valence-corrected chi connectivity index (χ0v) is 13.4. The van der Waals surface area contributed by atoms with Crippen molar-refractivity contribution in [3.8, 4) is 0 Å². The molecule has 1 unspecified atom stereocenters. The van der Waals surface area contributed by atoms with E-state index in [-0.39, 0.29) is 6.23 Å². The highest BCUT2D eigenvalue weighted by atomic mass is 16.5. The lowest BCUT2D eigenvalue weighted by molar-refractivity contribution is 0.0343. The van der Waals surface area contributed by atoms with Gasteiger partial charge in [0.05, 0.1) is 11.4 Å². The van der Waals surface area contributed by atoms with Crippen LogP contribution in [0, 0.1) is 5.41 Å². The molecular weight excluding hydrogens is 262 g/mol. The summed E-state index contributed by atoms with van der Waals surface area (Å²) in [5.41, 5.74) is 3.36. The standard InChI is InChI=1S/C15H21N3O.C2H6/c1-10(16)15-13(17-14-4-2-3-9-19-14)8-7-12(18-15)11-5-6-11;1-2/h7-8,11,14,16-17H,2-6,9H2,1H3;1-2H3.